The third-order valence-electron chi connectivity index (χ3n) is 2.78. The number of aryl methyl sites for hydroxylation is 1. The molecule has 0 unspecified atom stereocenters. The molecule has 0 atom stereocenters. The molecule has 0 aliphatic carbocycles. The number of nitrogens with one attached hydrogen (secondary N) is 1. The van der Waals surface area contributed by atoms with E-state index in [0.29, 0.717) is 6.42 Å². The van der Waals surface area contributed by atoms with Gasteiger partial charge in [0.1, 0.15) is 11.6 Å². The van der Waals surface area contributed by atoms with Crippen molar-refractivity contribution in [2.75, 3.05) is 0 Å². The Hall–Kier alpha value is -2.61. The first-order valence-corrected chi connectivity index (χ1v) is 7.03. The Morgan fingerprint density at radius 3 is 2.59 bits per heavy atom. The van der Waals surface area contributed by atoms with Crippen molar-refractivity contribution in [2.45, 2.75) is 39.2 Å². The van der Waals surface area contributed by atoms with E-state index in [1.165, 1.54) is 6.08 Å². The topological polar surface area (TPSA) is 96.0 Å². The highest BCUT2D eigenvalue weighted by Gasteiger charge is 2.17. The van der Waals surface area contributed by atoms with Crippen LogP contribution in [-0.2, 0) is 16.0 Å². The van der Waals surface area contributed by atoms with Crippen molar-refractivity contribution < 1.29 is 9.59 Å². The van der Waals surface area contributed by atoms with Gasteiger partial charge in [-0.2, -0.15) is 5.26 Å². The first-order valence-electron chi connectivity index (χ1n) is 7.03. The van der Waals surface area contributed by atoms with Crippen molar-refractivity contribution in [1.82, 2.24) is 5.32 Å². The van der Waals surface area contributed by atoms with E-state index in [1.54, 1.807) is 6.07 Å². The lowest BCUT2D eigenvalue weighted by Gasteiger charge is -2.20. The zero-order valence-corrected chi connectivity index (χ0v) is 13.1. The summed E-state index contributed by atoms with van der Waals surface area (Å²) in [6.07, 6.45) is 2.34. The summed E-state index contributed by atoms with van der Waals surface area (Å²) in [7, 11) is 0. The molecule has 1 aromatic carbocycles. The minimum atomic E-state index is -0.406. The number of nitrogens with two attached hydrogens (primary N) is 1. The van der Waals surface area contributed by atoms with Crippen LogP contribution in [0, 0.1) is 11.3 Å². The zero-order valence-electron chi connectivity index (χ0n) is 13.1. The molecule has 0 fully saturated rings. The molecule has 0 spiro atoms. The van der Waals surface area contributed by atoms with E-state index < -0.39 is 11.4 Å². The summed E-state index contributed by atoms with van der Waals surface area (Å²) in [5, 5.41) is 11.9. The van der Waals surface area contributed by atoms with Crippen LogP contribution in [0.1, 0.15) is 38.3 Å². The summed E-state index contributed by atoms with van der Waals surface area (Å²) in [4.78, 5) is 22.8. The van der Waals surface area contributed by atoms with E-state index >= 15 is 0 Å². The van der Waals surface area contributed by atoms with Crippen molar-refractivity contribution in [1.29, 1.82) is 5.26 Å². The van der Waals surface area contributed by atoms with Crippen molar-refractivity contribution >= 4 is 17.9 Å². The molecule has 22 heavy (non-hydrogen) atoms. The van der Waals surface area contributed by atoms with Gasteiger partial charge in [0.05, 0.1) is 0 Å². The van der Waals surface area contributed by atoms with Crippen molar-refractivity contribution in [3.05, 3.63) is 41.0 Å². The fourth-order valence-corrected chi connectivity index (χ4v) is 1.83. The molecule has 0 saturated carbocycles. The lowest BCUT2D eigenvalue weighted by atomic mass is 10.0. The summed E-state index contributed by atoms with van der Waals surface area (Å²) < 4.78 is 0. The minimum Gasteiger partial charge on any atom is -0.370 e. The van der Waals surface area contributed by atoms with Crippen LogP contribution < -0.4 is 11.1 Å². The van der Waals surface area contributed by atoms with Crippen molar-refractivity contribution in [3.8, 4) is 6.07 Å². The third-order valence-corrected chi connectivity index (χ3v) is 2.78. The third kappa shape index (κ3) is 6.23. The van der Waals surface area contributed by atoms with Gasteiger partial charge in [-0.05, 0) is 44.4 Å². The molecule has 5 nitrogen and oxygen atoms in total. The van der Waals surface area contributed by atoms with Crippen LogP contribution in [0.3, 0.4) is 0 Å². The van der Waals surface area contributed by atoms with Crippen LogP contribution in [0.15, 0.2) is 29.8 Å². The van der Waals surface area contributed by atoms with Crippen LogP contribution >= 0.6 is 0 Å². The van der Waals surface area contributed by atoms with Crippen LogP contribution in [0.2, 0.25) is 0 Å². The number of benzene rings is 1. The van der Waals surface area contributed by atoms with E-state index in [0.717, 1.165) is 11.1 Å². The van der Waals surface area contributed by atoms with Crippen LogP contribution in [0.5, 0.6) is 0 Å². The lowest BCUT2D eigenvalue weighted by Crippen LogP contribution is -2.41. The molecule has 1 aromatic rings. The first kappa shape index (κ1) is 17.4. The van der Waals surface area contributed by atoms with Gasteiger partial charge in [-0.15, -0.1) is 0 Å². The number of hydrogen-bond donors (Lipinski definition) is 2. The molecule has 0 radical (unpaired) electrons. The highest BCUT2D eigenvalue weighted by atomic mass is 16.2. The molecule has 0 bridgehead atoms. The Morgan fingerprint density at radius 1 is 1.36 bits per heavy atom. The average molecular weight is 299 g/mol. The number of amides is 2. The minimum absolute atomic E-state index is 0.0435. The molecule has 0 saturated heterocycles. The predicted octanol–water partition coefficient (Wildman–Crippen LogP) is 1.93. The number of carbonyl (C=O) groups is 2. The quantitative estimate of drug-likeness (QED) is 0.642. The number of nitrogens with zero attached hydrogens (tertiary/aromatic N) is 1. The monoisotopic (exact) mass is 299 g/mol. The smallest absolute Gasteiger partial charge is 0.262 e. The molecule has 5 heteroatoms. The number of nitriles is 1. The first-order chi connectivity index (χ1) is 10.2. The number of primary amides is 1. The molecular formula is C17H21N3O2. The maximum absolute atomic E-state index is 12.0. The van der Waals surface area contributed by atoms with Gasteiger partial charge in [0.2, 0.25) is 5.91 Å². The molecule has 0 aliphatic heterocycles. The van der Waals surface area contributed by atoms with Gasteiger partial charge in [0.25, 0.3) is 5.91 Å². The van der Waals surface area contributed by atoms with Gasteiger partial charge in [0, 0.05) is 12.0 Å². The van der Waals surface area contributed by atoms with Gasteiger partial charge in [-0.25, -0.2) is 0 Å². The summed E-state index contributed by atoms with van der Waals surface area (Å²) in [6.45, 7) is 5.55. The molecule has 0 aliphatic rings. The summed E-state index contributed by atoms with van der Waals surface area (Å²) in [5.41, 5.74) is 6.44. The normalized spacial score (nSPS) is 11.6. The van der Waals surface area contributed by atoms with E-state index in [-0.39, 0.29) is 17.9 Å². The Labute approximate surface area is 130 Å². The van der Waals surface area contributed by atoms with Crippen LogP contribution in [0.4, 0.5) is 0 Å². The zero-order chi connectivity index (χ0) is 16.8. The lowest BCUT2D eigenvalue weighted by molar-refractivity contribution is -0.119. The molecule has 0 aromatic heterocycles. The molecular weight excluding hydrogens is 278 g/mol. The van der Waals surface area contributed by atoms with Crippen LogP contribution in [-0.4, -0.2) is 17.4 Å². The fourth-order valence-electron chi connectivity index (χ4n) is 1.83. The number of rotatable bonds is 5. The van der Waals surface area contributed by atoms with Gasteiger partial charge in [0.15, 0.2) is 0 Å². The van der Waals surface area contributed by atoms with Crippen molar-refractivity contribution in [2.24, 2.45) is 5.73 Å². The maximum atomic E-state index is 12.0. The second-order valence-corrected chi connectivity index (χ2v) is 6.09. The Balaban J connectivity index is 2.94. The van der Waals surface area contributed by atoms with Gasteiger partial charge in [-0.3, -0.25) is 9.59 Å². The summed E-state index contributed by atoms with van der Waals surface area (Å²) in [5.74, 6) is -0.763. The van der Waals surface area contributed by atoms with E-state index in [9.17, 15) is 9.59 Å². The summed E-state index contributed by atoms with van der Waals surface area (Å²) >= 11 is 0. The van der Waals surface area contributed by atoms with E-state index in [2.05, 4.69) is 5.32 Å². The van der Waals surface area contributed by atoms with Gasteiger partial charge in [-0.1, -0.05) is 24.3 Å². The Kier molecular flexibility index (Phi) is 5.88. The Bertz CT molecular complexity index is 634. The average Bonchev–Trinajstić information content (AvgIpc) is 2.41. The van der Waals surface area contributed by atoms with Crippen LogP contribution in [0.25, 0.3) is 6.08 Å². The largest absolute Gasteiger partial charge is 0.370 e. The number of carbonyl (C=O) groups excluding carboxylic acids is 2. The molecule has 2 amide bonds. The molecule has 1 rings (SSSR count). The highest BCUT2D eigenvalue weighted by Crippen LogP contribution is 2.12. The summed E-state index contributed by atoms with van der Waals surface area (Å²) in [6, 6.07) is 9.25. The molecule has 0 heterocycles. The Morgan fingerprint density at radius 2 is 2.05 bits per heavy atom. The second-order valence-electron chi connectivity index (χ2n) is 6.09. The highest BCUT2D eigenvalue weighted by molar-refractivity contribution is 6.02. The van der Waals surface area contributed by atoms with Crippen molar-refractivity contribution in [3.63, 3.8) is 0 Å². The van der Waals surface area contributed by atoms with Gasteiger partial charge < -0.3 is 11.1 Å². The van der Waals surface area contributed by atoms with E-state index in [4.69, 9.17) is 11.0 Å². The molecule has 116 valence electrons. The second kappa shape index (κ2) is 7.41. The number of hydrogen-bond acceptors (Lipinski definition) is 3. The maximum Gasteiger partial charge on any atom is 0.262 e. The molecule has 3 N–H and O–H groups in total. The SMILES string of the molecule is CC(C)(C)NC(=O)C(C#N)=Cc1cccc(CCC(N)=O)c1. The van der Waals surface area contributed by atoms with Gasteiger partial charge >= 0.3 is 0 Å². The fraction of sp³-hybridized carbons (Fsp3) is 0.353. The standard InChI is InChI=1S/C17H21N3O2/c1-17(2,3)20-16(22)14(11-18)10-13-6-4-5-12(9-13)7-8-15(19)21/h4-6,9-10H,7-8H2,1-3H3,(H2,19,21)(H,20,22). The predicted molar refractivity (Wildman–Crippen MR) is 85.4 cm³/mol. The van der Waals surface area contributed by atoms with E-state index in [1.807, 2.05) is 45.0 Å².